The van der Waals surface area contributed by atoms with Gasteiger partial charge < -0.3 is 50.0 Å². The van der Waals surface area contributed by atoms with E-state index in [1.807, 2.05) is 4.90 Å². The Balaban J connectivity index is 0.000000209. The molecule has 5 N–H and O–H groups in total. The highest BCUT2D eigenvalue weighted by molar-refractivity contribution is 9.09. The summed E-state index contributed by atoms with van der Waals surface area (Å²) in [7, 11) is 3.03. The van der Waals surface area contributed by atoms with Gasteiger partial charge in [-0.25, -0.2) is 32.9 Å². The predicted octanol–water partition coefficient (Wildman–Crippen LogP) is 6.91. The van der Waals surface area contributed by atoms with Crippen molar-refractivity contribution < 1.29 is 66.1 Å². The molecule has 4 fully saturated rings. The number of anilines is 2. The van der Waals surface area contributed by atoms with Gasteiger partial charge in [-0.3, -0.25) is 24.5 Å². The number of hydrogen-bond acceptors (Lipinski definition) is 12. The molecule has 2 saturated heterocycles. The number of amides is 10. The Morgan fingerprint density at radius 3 is 1.54 bits per heavy atom. The molecule has 27 heteroatoms. The summed E-state index contributed by atoms with van der Waals surface area (Å²) >= 11 is 3.22. The summed E-state index contributed by atoms with van der Waals surface area (Å²) < 4.78 is 49.8. The van der Waals surface area contributed by atoms with E-state index >= 15 is 0 Å². The molecular formula is C54H63BrF2N8O12S4. The van der Waals surface area contributed by atoms with Gasteiger partial charge in [-0.05, 0) is 122 Å². The third kappa shape index (κ3) is 13.1. The molecule has 12 rings (SSSR count). The van der Waals surface area contributed by atoms with E-state index in [9.17, 15) is 47.1 Å². The molecule has 0 bridgehead atoms. The molecule has 8 aliphatic rings. The molecule has 2 saturated carbocycles. The molecule has 4 aliphatic heterocycles. The number of fused-ring (bicyclic) bond motifs is 6. The molecule has 4 aliphatic carbocycles. The lowest BCUT2D eigenvalue weighted by molar-refractivity contribution is -0.143. The van der Waals surface area contributed by atoms with Crippen molar-refractivity contribution in [3.05, 3.63) is 118 Å². The number of benzene rings is 4. The Morgan fingerprint density at radius 1 is 0.630 bits per heavy atom. The van der Waals surface area contributed by atoms with E-state index in [1.54, 1.807) is 53.4 Å². The fourth-order valence-corrected chi connectivity index (χ4v) is 11.3. The first-order valence-electron chi connectivity index (χ1n) is 25.3. The number of ether oxygens (including phenoxy) is 4. The Labute approximate surface area is 501 Å². The number of imide groups is 2. The highest BCUT2D eigenvalue weighted by Crippen LogP contribution is 2.47. The van der Waals surface area contributed by atoms with Gasteiger partial charge in [0.2, 0.25) is 23.0 Å². The number of halogens is 3. The topological polar surface area (TPSA) is 243 Å². The number of carbonyl (C=O) groups is 8. The number of nitrogens with zero attached hydrogens (tertiary/aromatic N) is 3. The average molecular weight is 1260 g/mol. The minimum absolute atomic E-state index is 0. The molecular weight excluding hydrogens is 1200 g/mol. The lowest BCUT2D eigenvalue weighted by Crippen LogP contribution is -2.49. The van der Waals surface area contributed by atoms with Crippen molar-refractivity contribution in [1.29, 1.82) is 0 Å². The Bertz CT molecular complexity index is 3130. The highest BCUT2D eigenvalue weighted by Gasteiger charge is 2.59. The Morgan fingerprint density at radius 2 is 1.10 bits per heavy atom. The second kappa shape index (κ2) is 26.2. The van der Waals surface area contributed by atoms with Crippen LogP contribution in [0.25, 0.3) is 0 Å². The SMILES string of the molecule is CNC(=O)Nc1ccc2c(c1)CC[C@@]21OC(=O)N(CC(=O)N2Cc3cc(F)ccc3OC[C@@H]2C2CC2)C1=O.CNC(=O)Nc1ccc2c(c1)CC[C@@]21OC(=O)NC1=O.O=C(CBr)N1Cc2cc(F)ccc2OC[C@@H]1C1CC1.S.S.S.S. The summed E-state index contributed by atoms with van der Waals surface area (Å²) in [4.78, 5) is 103. The molecule has 10 amide bonds. The van der Waals surface area contributed by atoms with Crippen LogP contribution >= 0.6 is 69.9 Å². The molecule has 436 valence electrons. The molecule has 20 nitrogen and oxygen atoms in total. The summed E-state index contributed by atoms with van der Waals surface area (Å²) in [5, 5.41) is 12.7. The van der Waals surface area contributed by atoms with E-state index < -0.39 is 53.5 Å². The number of nitrogens with one attached hydrogen (secondary N) is 5. The first-order valence-corrected chi connectivity index (χ1v) is 26.5. The largest absolute Gasteiger partial charge is 0.491 e. The van der Waals surface area contributed by atoms with Crippen LogP contribution in [0.4, 0.5) is 39.3 Å². The van der Waals surface area contributed by atoms with Crippen LogP contribution in [0.2, 0.25) is 0 Å². The Kier molecular flexibility index (Phi) is 20.6. The smallest absolute Gasteiger partial charge is 0.418 e. The van der Waals surface area contributed by atoms with Gasteiger partial charge in [0.05, 0.1) is 17.4 Å². The average Bonchev–Trinajstić information content (AvgIpc) is 4.51. The van der Waals surface area contributed by atoms with Crippen LogP contribution in [-0.2, 0) is 65.8 Å². The minimum atomic E-state index is -1.49. The van der Waals surface area contributed by atoms with Crippen molar-refractivity contribution in [3.63, 3.8) is 0 Å². The van der Waals surface area contributed by atoms with Gasteiger partial charge in [0.15, 0.2) is 0 Å². The van der Waals surface area contributed by atoms with Crippen LogP contribution in [0, 0.1) is 23.5 Å². The fourth-order valence-electron chi connectivity index (χ4n) is 11.0. The van der Waals surface area contributed by atoms with Gasteiger partial charge in [0.1, 0.15) is 42.9 Å². The van der Waals surface area contributed by atoms with Crippen molar-refractivity contribution in [2.75, 3.05) is 49.8 Å². The number of hydrogen-bond donors (Lipinski definition) is 5. The van der Waals surface area contributed by atoms with Gasteiger partial charge in [0, 0.05) is 73.7 Å². The van der Waals surface area contributed by atoms with Crippen molar-refractivity contribution in [3.8, 4) is 11.5 Å². The number of alkyl halides is 1. The lowest BCUT2D eigenvalue weighted by atomic mass is 9.94. The lowest BCUT2D eigenvalue weighted by Gasteiger charge is -2.30. The van der Waals surface area contributed by atoms with E-state index in [2.05, 4.69) is 42.5 Å². The molecule has 4 heterocycles. The second-order valence-corrected chi connectivity index (χ2v) is 20.6. The summed E-state index contributed by atoms with van der Waals surface area (Å²) in [6, 6.07) is 18.2. The maximum atomic E-state index is 14.0. The molecule has 4 aromatic carbocycles. The molecule has 4 atom stereocenters. The predicted molar refractivity (Wildman–Crippen MR) is 315 cm³/mol. The summed E-state index contributed by atoms with van der Waals surface area (Å²) in [6.45, 7) is 0.843. The van der Waals surface area contributed by atoms with Crippen LogP contribution in [-0.4, -0.2) is 114 Å². The quantitative estimate of drug-likeness (QED) is 0.119. The third-order valence-electron chi connectivity index (χ3n) is 15.2. The zero-order valence-electron chi connectivity index (χ0n) is 44.0. The molecule has 0 radical (unpaired) electrons. The monoisotopic (exact) mass is 1260 g/mol. The summed E-state index contributed by atoms with van der Waals surface area (Å²) in [6.07, 6.45) is 4.34. The number of rotatable bonds is 7. The first-order chi connectivity index (χ1) is 37.0. The minimum Gasteiger partial charge on any atom is -0.491 e. The van der Waals surface area contributed by atoms with Crippen LogP contribution in [0.1, 0.15) is 71.9 Å². The second-order valence-electron chi connectivity index (χ2n) is 20.0. The van der Waals surface area contributed by atoms with E-state index in [0.29, 0.717) is 83.2 Å². The van der Waals surface area contributed by atoms with Crippen LogP contribution < -0.4 is 36.1 Å². The standard InChI is InChI=1S/C27H27FN4O6.C14H15BrFNO2.C13H13N3O4.4H2S/c1-29-25(35)30-19-5-6-20-16(11-19)8-9-27(20)24(34)32(26(36)38-27)13-23(33)31-12-17-10-18(28)4-7-22(17)37-14-21(31)15-2-3-15;15-6-14(18)17-7-10-5-11(16)3-4-13(10)19-8-12(17)9-1-2-9;1-14-11(18)15-8-2-3-9-7(6-8)4-5-13(9)10(17)16-12(19)20-13;;;;/h4-7,10-11,15,21H,2-3,8-9,12-14H2,1H3,(H2,29,30,35);3-5,9,12H,1-2,6-8H2;2-3,6H,4-5H2,1H3,(H2,14,15,18)(H,16,17,19);4*1H2/t21-,27-;12-;13-;;;;/m111..../s1. The zero-order valence-corrected chi connectivity index (χ0v) is 49.6. The molecule has 2 spiro atoms. The normalized spacial score (nSPS) is 22.2. The van der Waals surface area contributed by atoms with Crippen LogP contribution in [0.5, 0.6) is 11.5 Å². The molecule has 0 unspecified atom stereocenters. The highest BCUT2D eigenvalue weighted by atomic mass is 79.9. The van der Waals surface area contributed by atoms with Crippen molar-refractivity contribution in [2.45, 2.75) is 87.7 Å². The van der Waals surface area contributed by atoms with Crippen LogP contribution in [0.3, 0.4) is 0 Å². The number of alkyl carbamates (subject to hydrolysis) is 1. The molecule has 0 aromatic heterocycles. The van der Waals surface area contributed by atoms with Crippen LogP contribution in [0.15, 0.2) is 72.8 Å². The van der Waals surface area contributed by atoms with Crippen molar-refractivity contribution in [2.24, 2.45) is 11.8 Å². The number of aryl methyl sites for hydroxylation is 2. The van der Waals surface area contributed by atoms with Gasteiger partial charge in [-0.1, -0.05) is 28.1 Å². The zero-order chi connectivity index (χ0) is 54.3. The third-order valence-corrected chi connectivity index (χ3v) is 15.7. The van der Waals surface area contributed by atoms with E-state index in [0.717, 1.165) is 47.3 Å². The van der Waals surface area contributed by atoms with Crippen molar-refractivity contribution >= 4 is 129 Å². The molecule has 4 aromatic rings. The van der Waals surface area contributed by atoms with Gasteiger partial charge in [-0.2, -0.15) is 54.0 Å². The fraction of sp³-hybridized carbons (Fsp3) is 0.407. The van der Waals surface area contributed by atoms with E-state index in [1.165, 1.54) is 38.4 Å². The maximum absolute atomic E-state index is 14.0. The number of carbonyl (C=O) groups excluding carboxylic acids is 8. The van der Waals surface area contributed by atoms with Gasteiger partial charge in [-0.15, -0.1) is 0 Å². The van der Waals surface area contributed by atoms with Gasteiger partial charge >= 0.3 is 24.2 Å². The van der Waals surface area contributed by atoms with Gasteiger partial charge in [0.25, 0.3) is 11.8 Å². The maximum Gasteiger partial charge on any atom is 0.418 e. The summed E-state index contributed by atoms with van der Waals surface area (Å²) in [5.41, 5.74) is 2.69. The number of urea groups is 2. The molecule has 81 heavy (non-hydrogen) atoms. The summed E-state index contributed by atoms with van der Waals surface area (Å²) in [5.74, 6) is -0.113. The van der Waals surface area contributed by atoms with Crippen molar-refractivity contribution in [1.82, 2.24) is 30.7 Å². The van der Waals surface area contributed by atoms with E-state index in [4.69, 9.17) is 18.9 Å². The first kappa shape index (κ1) is 63.8. The van der Waals surface area contributed by atoms with E-state index in [-0.39, 0.29) is 115 Å². The Hall–Kier alpha value is -6.42.